The largest absolute Gasteiger partial charge is 0.466 e. The number of esters is 1. The molecule has 0 saturated heterocycles. The summed E-state index contributed by atoms with van der Waals surface area (Å²) in [6, 6.07) is 3.57. The van der Waals surface area contributed by atoms with E-state index in [1.54, 1.807) is 36.9 Å². The molecule has 2 rings (SSSR count). The summed E-state index contributed by atoms with van der Waals surface area (Å²) in [4.78, 5) is 15.5. The standard InChI is InChI=1S/C12H13N3O3S/c1-2-17-11(16)6-9-8-19-12(14-9)15-13-7-10-4-3-5-18-10/h3-5,7-8H,2,6H2,1H3,(H,14,15). The Hall–Kier alpha value is -2.15. The highest BCUT2D eigenvalue weighted by Crippen LogP contribution is 2.16. The van der Waals surface area contributed by atoms with Gasteiger partial charge in [0.05, 0.1) is 31.2 Å². The van der Waals surface area contributed by atoms with Gasteiger partial charge in [-0.15, -0.1) is 11.3 Å². The highest BCUT2D eigenvalue weighted by Gasteiger charge is 2.07. The lowest BCUT2D eigenvalue weighted by molar-refractivity contribution is -0.142. The van der Waals surface area contributed by atoms with E-state index in [4.69, 9.17) is 9.15 Å². The molecular formula is C12H13N3O3S. The highest BCUT2D eigenvalue weighted by atomic mass is 32.1. The summed E-state index contributed by atoms with van der Waals surface area (Å²) >= 11 is 1.37. The summed E-state index contributed by atoms with van der Waals surface area (Å²) in [5, 5.41) is 6.38. The van der Waals surface area contributed by atoms with Gasteiger partial charge < -0.3 is 9.15 Å². The number of thiazole rings is 1. The molecule has 0 aromatic carbocycles. The van der Waals surface area contributed by atoms with E-state index in [0.29, 0.717) is 23.2 Å². The maximum atomic E-state index is 11.3. The van der Waals surface area contributed by atoms with Gasteiger partial charge in [0, 0.05) is 5.38 Å². The Kier molecular flexibility index (Phi) is 4.68. The fourth-order valence-corrected chi connectivity index (χ4v) is 1.97. The van der Waals surface area contributed by atoms with Crippen LogP contribution in [0.25, 0.3) is 0 Å². The maximum Gasteiger partial charge on any atom is 0.311 e. The van der Waals surface area contributed by atoms with Gasteiger partial charge in [0.25, 0.3) is 0 Å². The Balaban J connectivity index is 1.85. The summed E-state index contributed by atoms with van der Waals surface area (Å²) in [6.45, 7) is 2.15. The van der Waals surface area contributed by atoms with E-state index in [1.165, 1.54) is 11.3 Å². The number of aromatic nitrogens is 1. The second-order valence-electron chi connectivity index (χ2n) is 3.51. The van der Waals surface area contributed by atoms with Crippen molar-refractivity contribution in [3.05, 3.63) is 35.2 Å². The number of nitrogens with zero attached hydrogens (tertiary/aromatic N) is 2. The number of anilines is 1. The molecule has 7 heteroatoms. The van der Waals surface area contributed by atoms with Gasteiger partial charge in [0.1, 0.15) is 5.76 Å². The molecule has 0 amide bonds. The third kappa shape index (κ3) is 4.22. The Morgan fingerprint density at radius 3 is 3.32 bits per heavy atom. The zero-order valence-electron chi connectivity index (χ0n) is 10.3. The van der Waals surface area contributed by atoms with Crippen LogP contribution in [0.15, 0.2) is 33.3 Å². The summed E-state index contributed by atoms with van der Waals surface area (Å²) < 4.78 is 9.94. The third-order valence-corrected chi connectivity index (χ3v) is 2.87. The molecule has 0 radical (unpaired) electrons. The minimum absolute atomic E-state index is 0.175. The number of hydrazone groups is 1. The van der Waals surface area contributed by atoms with Crippen LogP contribution in [0.5, 0.6) is 0 Å². The number of hydrogen-bond acceptors (Lipinski definition) is 7. The van der Waals surface area contributed by atoms with Crippen molar-refractivity contribution in [1.82, 2.24) is 4.98 Å². The quantitative estimate of drug-likeness (QED) is 0.498. The first kappa shape index (κ1) is 13.3. The Bertz CT molecular complexity index is 548. The predicted molar refractivity (Wildman–Crippen MR) is 72.4 cm³/mol. The number of rotatable bonds is 6. The van der Waals surface area contributed by atoms with Crippen LogP contribution >= 0.6 is 11.3 Å². The number of furan rings is 1. The fraction of sp³-hybridized carbons (Fsp3) is 0.250. The van der Waals surface area contributed by atoms with Crippen LogP contribution in [0.1, 0.15) is 18.4 Å². The van der Waals surface area contributed by atoms with Gasteiger partial charge in [-0.3, -0.25) is 10.2 Å². The zero-order chi connectivity index (χ0) is 13.5. The first-order chi connectivity index (χ1) is 9.28. The van der Waals surface area contributed by atoms with E-state index in [2.05, 4.69) is 15.5 Å². The molecule has 100 valence electrons. The van der Waals surface area contributed by atoms with Gasteiger partial charge in [-0.25, -0.2) is 4.98 Å². The summed E-state index contributed by atoms with van der Waals surface area (Å²) in [6.07, 6.45) is 3.29. The van der Waals surface area contributed by atoms with Crippen molar-refractivity contribution < 1.29 is 13.9 Å². The Labute approximate surface area is 114 Å². The van der Waals surface area contributed by atoms with Crippen LogP contribution in [0, 0.1) is 0 Å². The summed E-state index contributed by atoms with van der Waals surface area (Å²) in [5.41, 5.74) is 3.44. The molecule has 0 fully saturated rings. The molecule has 0 unspecified atom stereocenters. The van der Waals surface area contributed by atoms with E-state index >= 15 is 0 Å². The van der Waals surface area contributed by atoms with E-state index in [9.17, 15) is 4.79 Å². The van der Waals surface area contributed by atoms with Crippen LogP contribution in [0.4, 0.5) is 5.13 Å². The molecule has 0 atom stereocenters. The Morgan fingerprint density at radius 2 is 2.58 bits per heavy atom. The molecule has 0 saturated carbocycles. The van der Waals surface area contributed by atoms with Crippen molar-refractivity contribution in [3.63, 3.8) is 0 Å². The second kappa shape index (κ2) is 6.69. The molecule has 0 aliphatic heterocycles. The van der Waals surface area contributed by atoms with Crippen molar-refractivity contribution in [2.75, 3.05) is 12.0 Å². The third-order valence-electron chi connectivity index (χ3n) is 2.08. The minimum Gasteiger partial charge on any atom is -0.466 e. The molecule has 2 aromatic heterocycles. The van der Waals surface area contributed by atoms with E-state index in [-0.39, 0.29) is 12.4 Å². The van der Waals surface area contributed by atoms with Gasteiger partial charge in [-0.05, 0) is 19.1 Å². The lowest BCUT2D eigenvalue weighted by Crippen LogP contribution is -2.07. The average Bonchev–Trinajstić information content (AvgIpc) is 3.01. The monoisotopic (exact) mass is 279 g/mol. The minimum atomic E-state index is -0.279. The van der Waals surface area contributed by atoms with Crippen LogP contribution < -0.4 is 5.43 Å². The van der Waals surface area contributed by atoms with Crippen LogP contribution in [-0.4, -0.2) is 23.8 Å². The number of carbonyl (C=O) groups is 1. The first-order valence-corrected chi connectivity index (χ1v) is 6.58. The molecule has 1 N–H and O–H groups in total. The van der Waals surface area contributed by atoms with E-state index in [0.717, 1.165) is 0 Å². The first-order valence-electron chi connectivity index (χ1n) is 5.70. The maximum absolute atomic E-state index is 11.3. The van der Waals surface area contributed by atoms with E-state index in [1.807, 2.05) is 0 Å². The van der Waals surface area contributed by atoms with Gasteiger partial charge in [-0.1, -0.05) is 0 Å². The van der Waals surface area contributed by atoms with Gasteiger partial charge in [0.15, 0.2) is 0 Å². The number of hydrogen-bond donors (Lipinski definition) is 1. The van der Waals surface area contributed by atoms with Crippen molar-refractivity contribution in [2.45, 2.75) is 13.3 Å². The fourth-order valence-electron chi connectivity index (χ4n) is 1.32. The van der Waals surface area contributed by atoms with Crippen molar-refractivity contribution >= 4 is 28.7 Å². The lowest BCUT2D eigenvalue weighted by atomic mass is 10.3. The molecule has 0 bridgehead atoms. The highest BCUT2D eigenvalue weighted by molar-refractivity contribution is 7.13. The zero-order valence-corrected chi connectivity index (χ0v) is 11.1. The van der Waals surface area contributed by atoms with Gasteiger partial charge >= 0.3 is 5.97 Å². The molecular weight excluding hydrogens is 266 g/mol. The topological polar surface area (TPSA) is 76.7 Å². The number of carbonyl (C=O) groups excluding carboxylic acids is 1. The molecule has 19 heavy (non-hydrogen) atoms. The molecule has 2 aromatic rings. The second-order valence-corrected chi connectivity index (χ2v) is 4.37. The van der Waals surface area contributed by atoms with E-state index < -0.39 is 0 Å². The van der Waals surface area contributed by atoms with Gasteiger partial charge in [-0.2, -0.15) is 5.10 Å². The molecule has 2 heterocycles. The molecule has 0 spiro atoms. The lowest BCUT2D eigenvalue weighted by Gasteiger charge is -1.97. The molecule has 0 aliphatic carbocycles. The van der Waals surface area contributed by atoms with Gasteiger partial charge in [0.2, 0.25) is 5.13 Å². The van der Waals surface area contributed by atoms with Crippen LogP contribution in [0.3, 0.4) is 0 Å². The van der Waals surface area contributed by atoms with Crippen LogP contribution in [-0.2, 0) is 16.0 Å². The van der Waals surface area contributed by atoms with Crippen molar-refractivity contribution in [1.29, 1.82) is 0 Å². The molecule has 6 nitrogen and oxygen atoms in total. The van der Waals surface area contributed by atoms with Crippen molar-refractivity contribution in [2.24, 2.45) is 5.10 Å². The summed E-state index contributed by atoms with van der Waals surface area (Å²) in [5.74, 6) is 0.370. The molecule has 0 aliphatic rings. The summed E-state index contributed by atoms with van der Waals surface area (Å²) in [7, 11) is 0. The number of nitrogens with one attached hydrogen (secondary N) is 1. The normalized spacial score (nSPS) is 10.8. The van der Waals surface area contributed by atoms with Crippen molar-refractivity contribution in [3.8, 4) is 0 Å². The average molecular weight is 279 g/mol. The SMILES string of the molecule is CCOC(=O)Cc1csc(NN=Cc2ccco2)n1. The van der Waals surface area contributed by atoms with Crippen LogP contribution in [0.2, 0.25) is 0 Å². The Morgan fingerprint density at radius 1 is 1.68 bits per heavy atom. The predicted octanol–water partition coefficient (Wildman–Crippen LogP) is 2.29. The number of ether oxygens (including phenoxy) is 1. The smallest absolute Gasteiger partial charge is 0.311 e.